The average molecular weight is 391 g/mol. The second-order valence-corrected chi connectivity index (χ2v) is 7.83. The van der Waals surface area contributed by atoms with Crippen molar-refractivity contribution in [1.82, 2.24) is 5.32 Å². The van der Waals surface area contributed by atoms with Crippen LogP contribution in [-0.2, 0) is 9.53 Å². The fraction of sp³-hybridized carbons (Fsp3) is 0.333. The summed E-state index contributed by atoms with van der Waals surface area (Å²) in [7, 11) is 0. The van der Waals surface area contributed by atoms with Crippen molar-refractivity contribution in [3.8, 4) is 23.0 Å². The number of fused-ring (bicyclic) bond motifs is 3. The molecule has 0 bridgehead atoms. The first-order valence-corrected chi connectivity index (χ1v) is 9.59. The van der Waals surface area contributed by atoms with E-state index in [9.17, 15) is 14.7 Å². The van der Waals surface area contributed by atoms with Crippen LogP contribution in [0.3, 0.4) is 0 Å². The number of carboxylic acid groups (broad SMARTS) is 1. The molecule has 150 valence electrons. The maximum absolute atomic E-state index is 12.4. The highest BCUT2D eigenvalue weighted by Crippen LogP contribution is 2.44. The lowest BCUT2D eigenvalue weighted by atomic mass is 9.81. The number of benzene rings is 2. The predicted molar refractivity (Wildman–Crippen MR) is 111 cm³/mol. The van der Waals surface area contributed by atoms with E-state index in [0.29, 0.717) is 6.42 Å². The monoisotopic (exact) mass is 391 g/mol. The van der Waals surface area contributed by atoms with Gasteiger partial charge in [-0.3, -0.25) is 0 Å². The smallest absolute Gasteiger partial charge is 0.407 e. The largest absolute Gasteiger partial charge is 0.480 e. The van der Waals surface area contributed by atoms with Crippen molar-refractivity contribution in [2.75, 3.05) is 6.61 Å². The van der Waals surface area contributed by atoms with Crippen molar-refractivity contribution in [3.05, 3.63) is 59.7 Å². The van der Waals surface area contributed by atoms with Crippen LogP contribution in [0.5, 0.6) is 0 Å². The molecule has 0 heterocycles. The fourth-order valence-corrected chi connectivity index (χ4v) is 3.77. The van der Waals surface area contributed by atoms with Gasteiger partial charge in [0.25, 0.3) is 0 Å². The molecule has 1 aliphatic rings. The number of carbonyl (C=O) groups is 2. The van der Waals surface area contributed by atoms with E-state index < -0.39 is 23.5 Å². The van der Waals surface area contributed by atoms with Crippen molar-refractivity contribution in [3.63, 3.8) is 0 Å². The number of hydrogen-bond acceptors (Lipinski definition) is 3. The molecule has 0 aliphatic heterocycles. The van der Waals surface area contributed by atoms with Gasteiger partial charge in [-0.2, -0.15) is 0 Å². The molecule has 2 N–H and O–H groups in total. The summed E-state index contributed by atoms with van der Waals surface area (Å²) in [6, 6.07) is 15.0. The number of carbonyl (C=O) groups excluding carboxylic acids is 1. The molecule has 1 atom stereocenters. The number of alkyl carbamates (subject to hydrolysis) is 1. The van der Waals surface area contributed by atoms with Gasteiger partial charge in [-0.15, -0.1) is 11.8 Å². The molecule has 5 nitrogen and oxygen atoms in total. The van der Waals surface area contributed by atoms with Gasteiger partial charge in [0.05, 0.1) is 0 Å². The second kappa shape index (κ2) is 8.40. The van der Waals surface area contributed by atoms with Crippen LogP contribution in [0.1, 0.15) is 44.2 Å². The minimum atomic E-state index is -1.11. The van der Waals surface area contributed by atoms with E-state index in [4.69, 9.17) is 4.74 Å². The first-order valence-electron chi connectivity index (χ1n) is 9.59. The van der Waals surface area contributed by atoms with E-state index >= 15 is 0 Å². The van der Waals surface area contributed by atoms with Gasteiger partial charge in [-0.1, -0.05) is 62.4 Å². The number of aliphatic carboxylic acids is 1. The van der Waals surface area contributed by atoms with Gasteiger partial charge in [0, 0.05) is 17.8 Å². The Morgan fingerprint density at radius 3 is 2.17 bits per heavy atom. The highest BCUT2D eigenvalue weighted by molar-refractivity contribution is 5.81. The van der Waals surface area contributed by atoms with Gasteiger partial charge < -0.3 is 15.2 Å². The molecule has 0 unspecified atom stereocenters. The molecule has 5 heteroatoms. The Morgan fingerprint density at radius 1 is 1.10 bits per heavy atom. The third kappa shape index (κ3) is 4.27. The molecule has 0 saturated heterocycles. The molecule has 3 rings (SSSR count). The van der Waals surface area contributed by atoms with Gasteiger partial charge in [-0.25, -0.2) is 9.59 Å². The van der Waals surface area contributed by atoms with Crippen LogP contribution in [0.4, 0.5) is 4.79 Å². The molecular weight excluding hydrogens is 366 g/mol. The Balaban J connectivity index is 1.72. The van der Waals surface area contributed by atoms with Gasteiger partial charge >= 0.3 is 12.1 Å². The molecule has 0 aromatic heterocycles. The molecule has 1 amide bonds. The van der Waals surface area contributed by atoms with Gasteiger partial charge in [0.1, 0.15) is 12.6 Å². The first kappa shape index (κ1) is 20.5. The molecule has 0 radical (unpaired) electrons. The molecule has 2 aromatic carbocycles. The van der Waals surface area contributed by atoms with E-state index in [1.165, 1.54) is 0 Å². The van der Waals surface area contributed by atoms with E-state index in [-0.39, 0.29) is 12.5 Å². The summed E-state index contributed by atoms with van der Waals surface area (Å²) in [6.07, 6.45) is -0.388. The highest BCUT2D eigenvalue weighted by atomic mass is 16.5. The maximum atomic E-state index is 12.4. The normalized spacial score (nSPS) is 13.5. The summed E-state index contributed by atoms with van der Waals surface area (Å²) < 4.78 is 5.47. The van der Waals surface area contributed by atoms with Crippen LogP contribution in [0.15, 0.2) is 48.5 Å². The Hall–Kier alpha value is -3.26. The maximum Gasteiger partial charge on any atom is 0.407 e. The quantitative estimate of drug-likeness (QED) is 0.715. The zero-order chi connectivity index (χ0) is 21.0. The molecule has 1 aliphatic carbocycles. The molecule has 2 aromatic rings. The third-order valence-corrected chi connectivity index (χ3v) is 5.36. The third-order valence-electron chi connectivity index (χ3n) is 5.36. The van der Waals surface area contributed by atoms with Crippen LogP contribution in [0.2, 0.25) is 0 Å². The standard InChI is InChI=1S/C24H25NO4/c1-4-5-14-24(2,3)21(22(26)27)25-23(28)29-15-20-18-12-8-6-10-16(18)17-11-7-9-13-19(17)20/h6-13,20-21H,14-15H2,1-3H3,(H,25,28)(H,26,27)/t21-/m1/s1. The summed E-state index contributed by atoms with van der Waals surface area (Å²) >= 11 is 0. The summed E-state index contributed by atoms with van der Waals surface area (Å²) in [5.41, 5.74) is 3.75. The Kier molecular flexibility index (Phi) is 5.93. The fourth-order valence-electron chi connectivity index (χ4n) is 3.77. The number of ether oxygens (including phenoxy) is 1. The lowest BCUT2D eigenvalue weighted by Gasteiger charge is -2.30. The summed E-state index contributed by atoms with van der Waals surface area (Å²) in [5.74, 6) is 4.47. The Morgan fingerprint density at radius 2 is 1.66 bits per heavy atom. The molecule has 29 heavy (non-hydrogen) atoms. The van der Waals surface area contributed by atoms with Gasteiger partial charge in [-0.05, 0) is 29.2 Å². The molecule has 0 saturated carbocycles. The van der Waals surface area contributed by atoms with Crippen LogP contribution in [0.25, 0.3) is 11.1 Å². The van der Waals surface area contributed by atoms with Crippen molar-refractivity contribution in [1.29, 1.82) is 0 Å². The van der Waals surface area contributed by atoms with E-state index in [1.807, 2.05) is 36.4 Å². The highest BCUT2D eigenvalue weighted by Gasteiger charge is 2.37. The minimum Gasteiger partial charge on any atom is -0.480 e. The molecule has 0 fully saturated rings. The van der Waals surface area contributed by atoms with Crippen LogP contribution in [-0.4, -0.2) is 29.8 Å². The number of hydrogen-bond donors (Lipinski definition) is 2. The number of rotatable bonds is 6. The van der Waals surface area contributed by atoms with Crippen LogP contribution < -0.4 is 5.32 Å². The summed E-state index contributed by atoms with van der Waals surface area (Å²) in [5, 5.41) is 12.1. The van der Waals surface area contributed by atoms with Gasteiger partial charge in [0.2, 0.25) is 0 Å². The van der Waals surface area contributed by atoms with Gasteiger partial charge in [0.15, 0.2) is 0 Å². The Labute approximate surface area is 171 Å². The van der Waals surface area contributed by atoms with Crippen LogP contribution in [0, 0.1) is 17.3 Å². The lowest BCUT2D eigenvalue weighted by Crippen LogP contribution is -2.50. The van der Waals surface area contributed by atoms with Crippen LogP contribution >= 0.6 is 0 Å². The van der Waals surface area contributed by atoms with E-state index in [2.05, 4.69) is 29.3 Å². The SMILES string of the molecule is CC#CCC(C)(C)[C@H](NC(=O)OCC1c2ccccc2-c2ccccc21)C(=O)O. The first-order chi connectivity index (χ1) is 13.8. The molecular formula is C24H25NO4. The van der Waals surface area contributed by atoms with Crippen molar-refractivity contribution in [2.24, 2.45) is 5.41 Å². The second-order valence-electron chi connectivity index (χ2n) is 7.83. The number of nitrogens with one attached hydrogen (secondary N) is 1. The zero-order valence-electron chi connectivity index (χ0n) is 16.9. The Bertz CT molecular complexity index is 938. The summed E-state index contributed by atoms with van der Waals surface area (Å²) in [4.78, 5) is 24.1. The number of amides is 1. The zero-order valence-corrected chi connectivity index (χ0v) is 16.9. The van der Waals surface area contributed by atoms with Crippen molar-refractivity contribution < 1.29 is 19.4 Å². The minimum absolute atomic E-state index is 0.0737. The predicted octanol–water partition coefficient (Wildman–Crippen LogP) is 4.42. The van der Waals surface area contributed by atoms with E-state index in [0.717, 1.165) is 22.3 Å². The van der Waals surface area contributed by atoms with Crippen molar-refractivity contribution >= 4 is 12.1 Å². The average Bonchev–Trinajstić information content (AvgIpc) is 3.02. The van der Waals surface area contributed by atoms with Crippen molar-refractivity contribution in [2.45, 2.75) is 39.2 Å². The summed E-state index contributed by atoms with van der Waals surface area (Å²) in [6.45, 7) is 5.37. The molecule has 0 spiro atoms. The number of carboxylic acids is 1. The lowest BCUT2D eigenvalue weighted by molar-refractivity contribution is -0.142. The van der Waals surface area contributed by atoms with E-state index in [1.54, 1.807) is 20.8 Å². The topological polar surface area (TPSA) is 75.6 Å².